The second kappa shape index (κ2) is 7.17. The fourth-order valence-electron chi connectivity index (χ4n) is 3.49. The molecule has 0 amide bonds. The van der Waals surface area contributed by atoms with Crippen molar-refractivity contribution in [3.8, 4) is 0 Å². The van der Waals surface area contributed by atoms with Crippen molar-refractivity contribution in [1.29, 1.82) is 0 Å². The highest BCUT2D eigenvalue weighted by molar-refractivity contribution is 6.20. The predicted octanol–water partition coefficient (Wildman–Crippen LogP) is -1.14. The van der Waals surface area contributed by atoms with Crippen molar-refractivity contribution in [2.75, 3.05) is 19.5 Å². The normalized spacial score (nSPS) is 30.5. The monoisotopic (exact) mass is 376 g/mol. The van der Waals surface area contributed by atoms with E-state index in [4.69, 9.17) is 23.1 Å². The summed E-state index contributed by atoms with van der Waals surface area (Å²) in [5.41, 5.74) is 5.02. The van der Waals surface area contributed by atoms with E-state index >= 15 is 0 Å². The number of aliphatic hydroxyl groups excluding tert-OH is 2. The number of aliphatic hydroxyl groups is 3. The van der Waals surface area contributed by atoms with Crippen molar-refractivity contribution >= 4 is 31.0 Å². The minimum absolute atomic E-state index is 0.130. The molecule has 5 N–H and O–H groups in total. The molecule has 0 bridgehead atoms. The summed E-state index contributed by atoms with van der Waals surface area (Å²) in [6, 6.07) is 0. The van der Waals surface area contributed by atoms with Crippen molar-refractivity contribution < 1.29 is 29.6 Å². The van der Waals surface area contributed by atoms with Gasteiger partial charge in [-0.25, -0.2) is 9.97 Å². The lowest BCUT2D eigenvalue weighted by Crippen LogP contribution is -2.44. The van der Waals surface area contributed by atoms with E-state index in [1.165, 1.54) is 24.9 Å². The number of carbonyl (C=O) groups excluding carboxylic acids is 1. The summed E-state index contributed by atoms with van der Waals surface area (Å²) in [4.78, 5) is 19.4. The molecule has 144 valence electrons. The maximum atomic E-state index is 11.2. The van der Waals surface area contributed by atoms with Crippen LogP contribution in [0.25, 0.3) is 11.0 Å². The summed E-state index contributed by atoms with van der Waals surface area (Å²) in [5.74, 6) is -0.847. The topological polar surface area (TPSA) is 153 Å². The highest BCUT2D eigenvalue weighted by Crippen LogP contribution is 2.43. The molecule has 10 nitrogen and oxygen atoms in total. The first-order valence-corrected chi connectivity index (χ1v) is 8.29. The van der Waals surface area contributed by atoms with Gasteiger partial charge in [-0.05, 0) is 6.92 Å². The number of nitrogen functional groups attached to an aromatic ring is 1. The number of hydrogen-bond acceptors (Lipinski definition) is 9. The highest BCUT2D eigenvalue weighted by atomic mass is 16.6. The number of hydrogen-bond donors (Lipinski definition) is 4. The number of fused-ring (bicyclic) bond motifs is 1. The van der Waals surface area contributed by atoms with Crippen LogP contribution in [0.1, 0.15) is 24.8 Å². The SMILES string of the molecule is [B]C(C=O)C(OC)c1cn(C2O[C@H](CO)[C@@H](O)[C@@]2(C)O)c2ncnc(N)c12. The van der Waals surface area contributed by atoms with Gasteiger partial charge in [-0.1, -0.05) is 0 Å². The minimum atomic E-state index is -1.73. The number of nitrogens with two attached hydrogens (primary N) is 1. The summed E-state index contributed by atoms with van der Waals surface area (Å²) >= 11 is 0. The zero-order chi connectivity index (χ0) is 19.9. The fraction of sp³-hybridized carbons (Fsp3) is 0.562. The van der Waals surface area contributed by atoms with Gasteiger partial charge in [0, 0.05) is 24.7 Å². The first-order chi connectivity index (χ1) is 12.8. The lowest BCUT2D eigenvalue weighted by Gasteiger charge is -2.27. The van der Waals surface area contributed by atoms with Gasteiger partial charge in [-0.3, -0.25) is 0 Å². The molecule has 2 radical (unpaired) electrons. The van der Waals surface area contributed by atoms with Crippen LogP contribution in [-0.2, 0) is 14.3 Å². The van der Waals surface area contributed by atoms with Gasteiger partial charge in [0.05, 0.1) is 25.9 Å². The van der Waals surface area contributed by atoms with Crippen molar-refractivity contribution in [1.82, 2.24) is 14.5 Å². The Hall–Kier alpha value is -2.05. The van der Waals surface area contributed by atoms with E-state index in [-0.39, 0.29) is 5.82 Å². The predicted molar refractivity (Wildman–Crippen MR) is 94.9 cm³/mol. The molecule has 0 aromatic carbocycles. The molecular formula is C16H21BN4O6. The van der Waals surface area contributed by atoms with Crippen LogP contribution in [0.4, 0.5) is 5.82 Å². The van der Waals surface area contributed by atoms with Crippen LogP contribution < -0.4 is 5.73 Å². The second-order valence-electron chi connectivity index (χ2n) is 6.70. The Kier molecular flexibility index (Phi) is 5.23. The molecular weight excluding hydrogens is 355 g/mol. The van der Waals surface area contributed by atoms with Crippen LogP contribution in [0.2, 0.25) is 5.82 Å². The van der Waals surface area contributed by atoms with Crippen LogP contribution in [0.5, 0.6) is 0 Å². The third-order valence-electron chi connectivity index (χ3n) is 4.92. The molecule has 2 aromatic rings. The maximum Gasteiger partial charge on any atom is 0.167 e. The van der Waals surface area contributed by atoms with Crippen LogP contribution >= 0.6 is 0 Å². The van der Waals surface area contributed by atoms with Crippen molar-refractivity contribution in [2.45, 2.75) is 42.9 Å². The quantitative estimate of drug-likeness (QED) is 0.362. The largest absolute Gasteiger partial charge is 0.394 e. The Morgan fingerprint density at radius 2 is 2.26 bits per heavy atom. The van der Waals surface area contributed by atoms with Crippen LogP contribution in [0.3, 0.4) is 0 Å². The van der Waals surface area contributed by atoms with E-state index in [0.717, 1.165) is 0 Å². The molecule has 0 saturated carbocycles. The smallest absolute Gasteiger partial charge is 0.167 e. The molecule has 3 heterocycles. The summed E-state index contributed by atoms with van der Waals surface area (Å²) in [6.07, 6.45) is -0.916. The number of carbonyl (C=O) groups is 1. The van der Waals surface area contributed by atoms with E-state index in [1.54, 1.807) is 6.20 Å². The molecule has 1 aliphatic heterocycles. The molecule has 1 fully saturated rings. The maximum absolute atomic E-state index is 11.2. The van der Waals surface area contributed by atoms with E-state index in [9.17, 15) is 20.1 Å². The van der Waals surface area contributed by atoms with Gasteiger partial charge in [0.15, 0.2) is 6.23 Å². The summed E-state index contributed by atoms with van der Waals surface area (Å²) in [5, 5.41) is 30.8. The average Bonchev–Trinajstić information content (AvgIpc) is 3.12. The number of aromatic nitrogens is 3. The van der Waals surface area contributed by atoms with Gasteiger partial charge >= 0.3 is 0 Å². The third-order valence-corrected chi connectivity index (χ3v) is 4.92. The Morgan fingerprint density at radius 3 is 2.81 bits per heavy atom. The first-order valence-electron chi connectivity index (χ1n) is 8.29. The van der Waals surface area contributed by atoms with Crippen LogP contribution in [-0.4, -0.2) is 75.5 Å². The lowest BCUT2D eigenvalue weighted by atomic mass is 9.81. The number of methoxy groups -OCH3 is 1. The molecule has 1 aliphatic rings. The second-order valence-corrected chi connectivity index (χ2v) is 6.70. The molecule has 2 aromatic heterocycles. The zero-order valence-electron chi connectivity index (χ0n) is 14.9. The van der Waals surface area contributed by atoms with Crippen molar-refractivity contribution in [3.63, 3.8) is 0 Å². The van der Waals surface area contributed by atoms with Crippen molar-refractivity contribution in [2.24, 2.45) is 0 Å². The first kappa shape index (κ1) is 19.7. The molecule has 3 unspecified atom stereocenters. The van der Waals surface area contributed by atoms with E-state index in [1.807, 2.05) is 0 Å². The summed E-state index contributed by atoms with van der Waals surface area (Å²) < 4.78 is 12.5. The number of aldehydes is 1. The van der Waals surface area contributed by atoms with Gasteiger partial charge in [-0.15, -0.1) is 0 Å². The Morgan fingerprint density at radius 1 is 1.56 bits per heavy atom. The third kappa shape index (κ3) is 3.01. The molecule has 27 heavy (non-hydrogen) atoms. The number of nitrogens with zero attached hydrogens (tertiary/aromatic N) is 3. The molecule has 6 atom stereocenters. The fourth-order valence-corrected chi connectivity index (χ4v) is 3.49. The van der Waals surface area contributed by atoms with Gasteiger partial charge in [0.25, 0.3) is 0 Å². The standard InChI is InChI=1S/C16H21BN4O6/c1-16(25)12(24)9(5-23)27-15(16)21-3-7(11(26-2)8(17)4-22)10-13(18)19-6-20-14(10)21/h3-4,6,8-9,11-12,15,23-25H,5H2,1-2H3,(H2,18,19,20)/t8?,9-,11?,12-,15?,16-/m1/s1. The highest BCUT2D eigenvalue weighted by Gasteiger charge is 2.53. The molecule has 11 heteroatoms. The average molecular weight is 376 g/mol. The van der Waals surface area contributed by atoms with Crippen molar-refractivity contribution in [3.05, 3.63) is 18.1 Å². The van der Waals surface area contributed by atoms with E-state index in [2.05, 4.69) is 9.97 Å². The summed E-state index contributed by atoms with van der Waals surface area (Å²) in [6.45, 7) is 0.909. The number of ether oxygens (including phenoxy) is 2. The molecule has 3 rings (SSSR count). The van der Waals surface area contributed by atoms with E-state index in [0.29, 0.717) is 22.9 Å². The lowest BCUT2D eigenvalue weighted by molar-refractivity contribution is -0.110. The molecule has 0 aliphatic carbocycles. The number of anilines is 1. The zero-order valence-corrected chi connectivity index (χ0v) is 14.9. The van der Waals surface area contributed by atoms with E-state index < -0.39 is 42.6 Å². The Bertz CT molecular complexity index is 844. The molecule has 0 spiro atoms. The van der Waals surface area contributed by atoms with Gasteiger partial charge in [-0.2, -0.15) is 0 Å². The Labute approximate surface area is 156 Å². The minimum Gasteiger partial charge on any atom is -0.394 e. The van der Waals surface area contributed by atoms with Crippen LogP contribution in [0.15, 0.2) is 12.5 Å². The van der Waals surface area contributed by atoms with Gasteiger partial charge in [0.2, 0.25) is 0 Å². The molecule has 1 saturated heterocycles. The summed E-state index contributed by atoms with van der Waals surface area (Å²) in [7, 11) is 7.24. The van der Waals surface area contributed by atoms with Gasteiger partial charge in [0.1, 0.15) is 41.9 Å². The van der Waals surface area contributed by atoms with Crippen LogP contribution in [0, 0.1) is 0 Å². The number of rotatable bonds is 6. The Balaban J connectivity index is 2.21. The van der Waals surface area contributed by atoms with Gasteiger partial charge < -0.3 is 39.9 Å².